The van der Waals surface area contributed by atoms with Gasteiger partial charge in [-0.15, -0.1) is 0 Å². The molecule has 1 aromatic heterocycles. The maximum Gasteiger partial charge on any atom is 0.164 e. The molecule has 0 bridgehead atoms. The number of hydrogen-bond acceptors (Lipinski definition) is 4. The fourth-order valence-corrected chi connectivity index (χ4v) is 8.45. The van der Waals surface area contributed by atoms with Gasteiger partial charge in [-0.1, -0.05) is 176 Å². The van der Waals surface area contributed by atoms with Crippen LogP contribution in [0.25, 0.3) is 67.5 Å². The molecule has 0 saturated carbocycles. The fourth-order valence-electron chi connectivity index (χ4n) is 8.45. The lowest BCUT2D eigenvalue weighted by Gasteiger charge is -2.34. The standard InChI is InChI=1S/C53H34N4/c54-35-36-28-30-37(31-29-36)46-34-49-47(44-26-13-14-27-48(44)53(49,42-22-9-3-10-23-42)43-24-11-4-12-25-43)33-45(46)40-20-15-21-41(32-40)52-56-50(38-16-5-1-6-17-38)55-51(57-52)39-18-7-2-8-19-39/h1-34H. The molecule has 4 nitrogen and oxygen atoms in total. The van der Waals surface area contributed by atoms with E-state index in [1.165, 1.54) is 33.4 Å². The minimum absolute atomic E-state index is 0.553. The Morgan fingerprint density at radius 2 is 0.807 bits per heavy atom. The fraction of sp³-hybridized carbons (Fsp3) is 0.0189. The molecule has 8 aromatic carbocycles. The number of rotatable bonds is 7. The number of aromatic nitrogens is 3. The first-order valence-electron chi connectivity index (χ1n) is 19.1. The van der Waals surface area contributed by atoms with Gasteiger partial charge < -0.3 is 0 Å². The Morgan fingerprint density at radius 3 is 1.39 bits per heavy atom. The van der Waals surface area contributed by atoms with Gasteiger partial charge in [-0.3, -0.25) is 0 Å². The lowest BCUT2D eigenvalue weighted by Crippen LogP contribution is -2.28. The van der Waals surface area contributed by atoms with Gasteiger partial charge in [-0.05, 0) is 86.0 Å². The van der Waals surface area contributed by atoms with Crippen molar-refractivity contribution >= 4 is 0 Å². The van der Waals surface area contributed by atoms with Gasteiger partial charge in [0, 0.05) is 16.7 Å². The molecule has 0 amide bonds. The number of nitriles is 1. The van der Waals surface area contributed by atoms with E-state index in [0.717, 1.165) is 38.9 Å². The minimum Gasteiger partial charge on any atom is -0.208 e. The molecule has 0 fully saturated rings. The van der Waals surface area contributed by atoms with Crippen LogP contribution in [0.2, 0.25) is 0 Å². The lowest BCUT2D eigenvalue weighted by atomic mass is 9.67. The van der Waals surface area contributed by atoms with Crippen molar-refractivity contribution in [2.45, 2.75) is 5.41 Å². The van der Waals surface area contributed by atoms with Crippen molar-refractivity contribution in [2.75, 3.05) is 0 Å². The number of benzene rings is 8. The highest BCUT2D eigenvalue weighted by molar-refractivity contribution is 5.95. The number of fused-ring (bicyclic) bond motifs is 3. The summed E-state index contributed by atoms with van der Waals surface area (Å²) in [6, 6.07) is 74.2. The monoisotopic (exact) mass is 726 g/mol. The Kier molecular flexibility index (Phi) is 8.39. The maximum absolute atomic E-state index is 9.74. The molecule has 0 atom stereocenters. The van der Waals surface area contributed by atoms with Gasteiger partial charge in [-0.25, -0.2) is 15.0 Å². The second-order valence-electron chi connectivity index (χ2n) is 14.3. The first-order valence-corrected chi connectivity index (χ1v) is 19.1. The summed E-state index contributed by atoms with van der Waals surface area (Å²) in [6.07, 6.45) is 0. The Balaban J connectivity index is 1.23. The van der Waals surface area contributed by atoms with Gasteiger partial charge >= 0.3 is 0 Å². The molecule has 4 heteroatoms. The van der Waals surface area contributed by atoms with E-state index >= 15 is 0 Å². The zero-order valence-electron chi connectivity index (χ0n) is 30.9. The van der Waals surface area contributed by atoms with Crippen LogP contribution in [0.5, 0.6) is 0 Å². The molecular formula is C53H34N4. The molecular weight excluding hydrogens is 693 g/mol. The average Bonchev–Trinajstić information content (AvgIpc) is 3.59. The summed E-state index contributed by atoms with van der Waals surface area (Å²) < 4.78 is 0. The van der Waals surface area contributed by atoms with E-state index in [4.69, 9.17) is 15.0 Å². The molecule has 9 aromatic rings. The van der Waals surface area contributed by atoms with Crippen LogP contribution in [0.15, 0.2) is 206 Å². The molecule has 266 valence electrons. The molecule has 10 rings (SSSR count). The van der Waals surface area contributed by atoms with Crippen LogP contribution in [0.1, 0.15) is 27.8 Å². The molecule has 1 heterocycles. The lowest BCUT2D eigenvalue weighted by molar-refractivity contribution is 0.769. The topological polar surface area (TPSA) is 62.5 Å². The predicted octanol–water partition coefficient (Wildman–Crippen LogP) is 12.4. The largest absolute Gasteiger partial charge is 0.208 e. The molecule has 0 radical (unpaired) electrons. The van der Waals surface area contributed by atoms with E-state index < -0.39 is 5.41 Å². The first-order chi connectivity index (χ1) is 28.2. The third-order valence-corrected chi connectivity index (χ3v) is 11.1. The Morgan fingerprint density at radius 1 is 0.333 bits per heavy atom. The van der Waals surface area contributed by atoms with Crippen molar-refractivity contribution < 1.29 is 0 Å². The summed E-state index contributed by atoms with van der Waals surface area (Å²) in [6.45, 7) is 0. The van der Waals surface area contributed by atoms with Crippen LogP contribution >= 0.6 is 0 Å². The first kappa shape index (κ1) is 33.8. The van der Waals surface area contributed by atoms with Crippen molar-refractivity contribution in [1.82, 2.24) is 15.0 Å². The molecule has 57 heavy (non-hydrogen) atoms. The van der Waals surface area contributed by atoms with Crippen LogP contribution in [-0.4, -0.2) is 15.0 Å². The highest BCUT2D eigenvalue weighted by Gasteiger charge is 2.46. The van der Waals surface area contributed by atoms with Crippen molar-refractivity contribution in [1.29, 1.82) is 5.26 Å². The molecule has 0 unspecified atom stereocenters. The third kappa shape index (κ3) is 5.82. The Labute approximate surface area is 332 Å². The van der Waals surface area contributed by atoms with Crippen molar-refractivity contribution in [3.63, 3.8) is 0 Å². The van der Waals surface area contributed by atoms with Crippen LogP contribution in [0, 0.1) is 11.3 Å². The molecule has 0 saturated heterocycles. The van der Waals surface area contributed by atoms with Gasteiger partial charge in [0.2, 0.25) is 0 Å². The quantitative estimate of drug-likeness (QED) is 0.164. The summed E-state index contributed by atoms with van der Waals surface area (Å²) in [5, 5.41) is 9.74. The van der Waals surface area contributed by atoms with Gasteiger partial charge in [0.25, 0.3) is 0 Å². The Hall–Kier alpha value is -7.74. The van der Waals surface area contributed by atoms with Crippen LogP contribution in [-0.2, 0) is 5.41 Å². The highest BCUT2D eigenvalue weighted by Crippen LogP contribution is 2.58. The van der Waals surface area contributed by atoms with Crippen LogP contribution in [0.4, 0.5) is 0 Å². The average molecular weight is 727 g/mol. The van der Waals surface area contributed by atoms with Crippen molar-refractivity contribution in [2.24, 2.45) is 0 Å². The van der Waals surface area contributed by atoms with Gasteiger partial charge in [-0.2, -0.15) is 5.26 Å². The van der Waals surface area contributed by atoms with Gasteiger partial charge in [0.05, 0.1) is 17.0 Å². The smallest absolute Gasteiger partial charge is 0.164 e. The summed E-state index contributed by atoms with van der Waals surface area (Å²) >= 11 is 0. The SMILES string of the molecule is N#Cc1ccc(-c2cc3c(cc2-c2cccc(-c4nc(-c5ccccc5)nc(-c5ccccc5)n4)c2)-c2ccccc2C3(c2ccccc2)c2ccccc2)cc1. The molecule has 0 aliphatic heterocycles. The van der Waals surface area contributed by atoms with Gasteiger partial charge in [0.1, 0.15) is 0 Å². The number of hydrogen-bond donors (Lipinski definition) is 0. The molecule has 1 aliphatic carbocycles. The molecule has 1 aliphatic rings. The van der Waals surface area contributed by atoms with Crippen molar-refractivity contribution in [3.05, 3.63) is 234 Å². The summed E-state index contributed by atoms with van der Waals surface area (Å²) in [7, 11) is 0. The molecule has 0 spiro atoms. The normalized spacial score (nSPS) is 12.3. The minimum atomic E-state index is -0.553. The predicted molar refractivity (Wildman–Crippen MR) is 229 cm³/mol. The van der Waals surface area contributed by atoms with E-state index in [0.29, 0.717) is 23.0 Å². The van der Waals surface area contributed by atoms with Crippen LogP contribution < -0.4 is 0 Å². The zero-order chi connectivity index (χ0) is 38.2. The van der Waals surface area contributed by atoms with E-state index in [1.807, 2.05) is 72.8 Å². The highest BCUT2D eigenvalue weighted by atomic mass is 15.0. The van der Waals surface area contributed by atoms with E-state index in [1.54, 1.807) is 0 Å². The summed E-state index contributed by atoms with van der Waals surface area (Å²) in [5.41, 5.74) is 14.3. The summed E-state index contributed by atoms with van der Waals surface area (Å²) in [4.78, 5) is 15.0. The maximum atomic E-state index is 9.74. The van der Waals surface area contributed by atoms with E-state index in [9.17, 15) is 5.26 Å². The molecule has 0 N–H and O–H groups in total. The van der Waals surface area contributed by atoms with Crippen molar-refractivity contribution in [3.8, 4) is 73.6 Å². The second kappa shape index (κ2) is 14.2. The second-order valence-corrected chi connectivity index (χ2v) is 14.3. The Bertz CT molecular complexity index is 2840. The van der Waals surface area contributed by atoms with Gasteiger partial charge in [0.15, 0.2) is 17.5 Å². The van der Waals surface area contributed by atoms with Crippen LogP contribution in [0.3, 0.4) is 0 Å². The third-order valence-electron chi connectivity index (χ3n) is 11.1. The zero-order valence-corrected chi connectivity index (χ0v) is 30.9. The van der Waals surface area contributed by atoms with E-state index in [-0.39, 0.29) is 0 Å². The number of nitrogens with zero attached hydrogens (tertiary/aromatic N) is 4. The summed E-state index contributed by atoms with van der Waals surface area (Å²) in [5.74, 6) is 1.84. The van der Waals surface area contributed by atoms with E-state index in [2.05, 4.69) is 140 Å².